The highest BCUT2D eigenvalue weighted by Crippen LogP contribution is 2.22. The van der Waals surface area contributed by atoms with E-state index in [1.54, 1.807) is 47.3 Å². The number of carbonyl (C=O) groups excluding carboxylic acids is 1. The Morgan fingerprint density at radius 2 is 1.80 bits per heavy atom. The summed E-state index contributed by atoms with van der Waals surface area (Å²) in [6, 6.07) is 9.69. The van der Waals surface area contributed by atoms with E-state index in [9.17, 15) is 17.6 Å². The first-order valence-corrected chi connectivity index (χ1v) is 11.4. The third-order valence-corrected chi connectivity index (χ3v) is 6.48. The Hall–Kier alpha value is -2.98. The van der Waals surface area contributed by atoms with Gasteiger partial charge in [-0.05, 0) is 37.1 Å². The van der Waals surface area contributed by atoms with Crippen LogP contribution in [0.5, 0.6) is 0 Å². The Kier molecular flexibility index (Phi) is 5.44. The van der Waals surface area contributed by atoms with E-state index in [1.807, 2.05) is 0 Å². The number of rotatable bonds is 5. The molecule has 1 amide bonds. The molecule has 30 heavy (non-hydrogen) atoms. The lowest BCUT2D eigenvalue weighted by Crippen LogP contribution is -2.46. The van der Waals surface area contributed by atoms with Crippen molar-refractivity contribution in [2.45, 2.75) is 18.9 Å². The van der Waals surface area contributed by atoms with E-state index in [0.29, 0.717) is 37.3 Å². The van der Waals surface area contributed by atoms with Crippen molar-refractivity contribution in [3.63, 3.8) is 0 Å². The maximum atomic E-state index is 14.4. The minimum atomic E-state index is -3.23. The monoisotopic (exact) mass is 431 g/mol. The van der Waals surface area contributed by atoms with Gasteiger partial charge in [0, 0.05) is 31.5 Å². The summed E-state index contributed by atoms with van der Waals surface area (Å²) in [5.41, 5.74) is 0.543. The van der Waals surface area contributed by atoms with Gasteiger partial charge in [-0.15, -0.1) is 0 Å². The van der Waals surface area contributed by atoms with Crippen LogP contribution in [-0.2, 0) is 10.0 Å². The molecule has 0 unspecified atom stereocenters. The molecule has 1 aliphatic heterocycles. The number of aromatic nitrogens is 3. The van der Waals surface area contributed by atoms with Crippen molar-refractivity contribution < 1.29 is 17.6 Å². The summed E-state index contributed by atoms with van der Waals surface area (Å²) in [4.78, 5) is 13.0. The van der Waals surface area contributed by atoms with Crippen molar-refractivity contribution in [2.24, 2.45) is 0 Å². The zero-order valence-corrected chi connectivity index (χ0v) is 17.2. The number of benzene rings is 1. The Balaban J connectivity index is 1.60. The molecule has 0 saturated carbocycles. The number of hydrogen-bond donors (Lipinski definition) is 1. The molecule has 0 aliphatic carbocycles. The molecule has 1 fully saturated rings. The van der Waals surface area contributed by atoms with Crippen LogP contribution in [0, 0.1) is 5.82 Å². The maximum absolute atomic E-state index is 14.4. The van der Waals surface area contributed by atoms with E-state index < -0.39 is 15.8 Å². The molecule has 0 spiro atoms. The minimum Gasteiger partial charge on any atom is -0.349 e. The van der Waals surface area contributed by atoms with Crippen LogP contribution >= 0.6 is 0 Å². The lowest BCUT2D eigenvalue weighted by atomic mass is 10.1. The Morgan fingerprint density at radius 1 is 1.13 bits per heavy atom. The van der Waals surface area contributed by atoms with Gasteiger partial charge in [0.1, 0.15) is 17.1 Å². The number of nitrogens with zero attached hydrogens (tertiary/aromatic N) is 4. The standard InChI is InChI=1S/C20H22FN5O3S/c1-30(28,29)25-12-8-15(9-13-25)23-19(27)16-14-22-26(18-7-3-2-6-17(18)21)20(16)24-10-4-5-11-24/h2-7,10-11,14-15H,8-9,12-13H2,1H3,(H,23,27). The van der Waals surface area contributed by atoms with E-state index in [4.69, 9.17) is 0 Å². The van der Waals surface area contributed by atoms with Gasteiger partial charge in [0.15, 0.2) is 5.82 Å². The molecule has 1 N–H and O–H groups in total. The first kappa shape index (κ1) is 20.3. The van der Waals surface area contributed by atoms with Crippen LogP contribution in [-0.4, -0.2) is 58.4 Å². The Bertz CT molecular complexity index is 1150. The second-order valence-electron chi connectivity index (χ2n) is 7.25. The third-order valence-electron chi connectivity index (χ3n) is 5.18. The molecular weight excluding hydrogens is 409 g/mol. The van der Waals surface area contributed by atoms with Gasteiger partial charge in [0.05, 0.1) is 12.5 Å². The van der Waals surface area contributed by atoms with E-state index >= 15 is 0 Å². The fourth-order valence-corrected chi connectivity index (χ4v) is 4.50. The first-order chi connectivity index (χ1) is 14.3. The van der Waals surface area contributed by atoms with E-state index in [-0.39, 0.29) is 17.6 Å². The third kappa shape index (κ3) is 4.01. The van der Waals surface area contributed by atoms with Gasteiger partial charge in [-0.1, -0.05) is 12.1 Å². The number of hydrogen-bond acceptors (Lipinski definition) is 4. The lowest BCUT2D eigenvalue weighted by molar-refractivity contribution is 0.0924. The zero-order chi connectivity index (χ0) is 21.3. The summed E-state index contributed by atoms with van der Waals surface area (Å²) in [6.45, 7) is 0.728. The molecule has 3 heterocycles. The molecule has 0 bridgehead atoms. The second-order valence-corrected chi connectivity index (χ2v) is 9.23. The number of nitrogens with one attached hydrogen (secondary N) is 1. The van der Waals surface area contributed by atoms with Crippen molar-refractivity contribution in [2.75, 3.05) is 19.3 Å². The average molecular weight is 431 g/mol. The summed E-state index contributed by atoms with van der Waals surface area (Å²) >= 11 is 0. The van der Waals surface area contributed by atoms with Crippen LogP contribution in [0.4, 0.5) is 4.39 Å². The molecule has 10 heteroatoms. The highest BCUT2D eigenvalue weighted by atomic mass is 32.2. The molecule has 2 aromatic heterocycles. The van der Waals surface area contributed by atoms with Crippen LogP contribution in [0.3, 0.4) is 0 Å². The quantitative estimate of drug-likeness (QED) is 0.669. The molecule has 4 rings (SSSR count). The van der Waals surface area contributed by atoms with Gasteiger partial charge < -0.3 is 9.88 Å². The fourth-order valence-electron chi connectivity index (χ4n) is 3.62. The van der Waals surface area contributed by atoms with Crippen molar-refractivity contribution in [3.8, 4) is 11.5 Å². The molecule has 0 atom stereocenters. The van der Waals surface area contributed by atoms with Crippen molar-refractivity contribution in [3.05, 3.63) is 66.4 Å². The summed E-state index contributed by atoms with van der Waals surface area (Å²) in [6.07, 6.45) is 7.18. The molecule has 3 aromatic rings. The molecular formula is C20H22FN5O3S. The van der Waals surface area contributed by atoms with Crippen molar-refractivity contribution in [1.29, 1.82) is 0 Å². The van der Waals surface area contributed by atoms with Crippen LogP contribution in [0.25, 0.3) is 11.5 Å². The molecule has 1 aromatic carbocycles. The fraction of sp³-hybridized carbons (Fsp3) is 0.300. The number of para-hydroxylation sites is 1. The van der Waals surface area contributed by atoms with Crippen LogP contribution in [0.1, 0.15) is 23.2 Å². The number of amides is 1. The van der Waals surface area contributed by atoms with E-state index in [0.717, 1.165) is 0 Å². The van der Waals surface area contributed by atoms with Crippen LogP contribution < -0.4 is 5.32 Å². The zero-order valence-electron chi connectivity index (χ0n) is 16.4. The van der Waals surface area contributed by atoms with Crippen molar-refractivity contribution >= 4 is 15.9 Å². The summed E-state index contributed by atoms with van der Waals surface area (Å²) < 4.78 is 42.3. The normalized spacial score (nSPS) is 15.9. The highest BCUT2D eigenvalue weighted by Gasteiger charge is 2.28. The summed E-state index contributed by atoms with van der Waals surface area (Å²) in [7, 11) is -3.23. The lowest BCUT2D eigenvalue weighted by Gasteiger charge is -2.30. The number of halogens is 1. The van der Waals surface area contributed by atoms with Gasteiger partial charge in [-0.2, -0.15) is 5.10 Å². The molecule has 158 valence electrons. The number of carbonyl (C=O) groups is 1. The molecule has 1 saturated heterocycles. The molecule has 8 nitrogen and oxygen atoms in total. The smallest absolute Gasteiger partial charge is 0.256 e. The minimum absolute atomic E-state index is 0.148. The Morgan fingerprint density at radius 3 is 2.43 bits per heavy atom. The van der Waals surface area contributed by atoms with Gasteiger partial charge in [-0.25, -0.2) is 21.8 Å². The van der Waals surface area contributed by atoms with Gasteiger partial charge in [-0.3, -0.25) is 4.79 Å². The highest BCUT2D eigenvalue weighted by molar-refractivity contribution is 7.88. The van der Waals surface area contributed by atoms with Crippen LogP contribution in [0.2, 0.25) is 0 Å². The summed E-state index contributed by atoms with van der Waals surface area (Å²) in [5, 5.41) is 7.24. The molecule has 0 radical (unpaired) electrons. The topological polar surface area (TPSA) is 89.2 Å². The second kappa shape index (κ2) is 8.04. The van der Waals surface area contributed by atoms with Gasteiger partial charge in [0.2, 0.25) is 10.0 Å². The predicted octanol–water partition coefficient (Wildman–Crippen LogP) is 1.96. The number of piperidine rings is 1. The largest absolute Gasteiger partial charge is 0.349 e. The first-order valence-electron chi connectivity index (χ1n) is 9.57. The molecule has 1 aliphatic rings. The van der Waals surface area contributed by atoms with Gasteiger partial charge in [0.25, 0.3) is 5.91 Å². The van der Waals surface area contributed by atoms with E-state index in [2.05, 4.69) is 10.4 Å². The van der Waals surface area contributed by atoms with Gasteiger partial charge >= 0.3 is 0 Å². The van der Waals surface area contributed by atoms with Crippen molar-refractivity contribution in [1.82, 2.24) is 24.0 Å². The average Bonchev–Trinajstić information content (AvgIpc) is 3.37. The maximum Gasteiger partial charge on any atom is 0.256 e. The Labute approximate surface area is 174 Å². The summed E-state index contributed by atoms with van der Waals surface area (Å²) in [5.74, 6) is -0.357. The van der Waals surface area contributed by atoms with E-state index in [1.165, 1.54) is 27.5 Å². The predicted molar refractivity (Wildman–Crippen MR) is 110 cm³/mol. The SMILES string of the molecule is CS(=O)(=O)N1CCC(NC(=O)c2cnn(-c3ccccc3F)c2-n2cccc2)CC1. The number of sulfonamides is 1. The van der Waals surface area contributed by atoms with Crippen LogP contribution in [0.15, 0.2) is 55.0 Å².